The number of rotatable bonds is 3. The van der Waals surface area contributed by atoms with E-state index in [9.17, 15) is 8.78 Å². The van der Waals surface area contributed by atoms with Crippen molar-refractivity contribution in [3.63, 3.8) is 0 Å². The van der Waals surface area contributed by atoms with Crippen LogP contribution in [0.3, 0.4) is 0 Å². The van der Waals surface area contributed by atoms with Gasteiger partial charge in [0.2, 0.25) is 0 Å². The van der Waals surface area contributed by atoms with E-state index in [1.165, 1.54) is 6.07 Å². The van der Waals surface area contributed by atoms with Gasteiger partial charge in [0.1, 0.15) is 22.6 Å². The fraction of sp³-hybridized carbons (Fsp3) is 0.231. The highest BCUT2D eigenvalue weighted by molar-refractivity contribution is 6.29. The lowest BCUT2D eigenvalue weighted by Crippen LogP contribution is -1.98. The third-order valence-electron chi connectivity index (χ3n) is 2.42. The zero-order chi connectivity index (χ0) is 13.1. The number of aromatic nitrogens is 2. The monoisotopic (exact) mass is 268 g/mol. The molecule has 0 N–H and O–H groups in total. The van der Waals surface area contributed by atoms with E-state index in [0.717, 1.165) is 24.6 Å². The number of nitrogens with zero attached hydrogens (tertiary/aromatic N) is 2. The third kappa shape index (κ3) is 2.82. The van der Waals surface area contributed by atoms with Gasteiger partial charge in [0.15, 0.2) is 0 Å². The van der Waals surface area contributed by atoms with E-state index in [1.807, 2.05) is 6.92 Å². The van der Waals surface area contributed by atoms with E-state index in [4.69, 9.17) is 11.6 Å². The van der Waals surface area contributed by atoms with Crippen molar-refractivity contribution >= 4 is 11.6 Å². The second-order valence-electron chi connectivity index (χ2n) is 3.87. The van der Waals surface area contributed by atoms with E-state index < -0.39 is 11.6 Å². The van der Waals surface area contributed by atoms with Crippen molar-refractivity contribution in [3.8, 4) is 11.3 Å². The van der Waals surface area contributed by atoms with Crippen LogP contribution in [0.25, 0.3) is 11.3 Å². The largest absolute Gasteiger partial charge is 0.233 e. The Morgan fingerprint density at radius 3 is 2.67 bits per heavy atom. The summed E-state index contributed by atoms with van der Waals surface area (Å²) in [4.78, 5) is 8.23. The van der Waals surface area contributed by atoms with E-state index >= 15 is 0 Å². The van der Waals surface area contributed by atoms with Gasteiger partial charge in [-0.15, -0.1) is 0 Å². The van der Waals surface area contributed by atoms with E-state index in [0.29, 0.717) is 17.9 Å². The molecule has 0 aliphatic heterocycles. The Hall–Kier alpha value is -1.55. The molecule has 5 heteroatoms. The van der Waals surface area contributed by atoms with Crippen molar-refractivity contribution in [2.24, 2.45) is 0 Å². The summed E-state index contributed by atoms with van der Waals surface area (Å²) in [6, 6.07) is 4.66. The molecule has 1 heterocycles. The molecule has 0 aliphatic rings. The maximum atomic E-state index is 13.6. The van der Waals surface area contributed by atoms with Gasteiger partial charge in [-0.05, 0) is 24.6 Å². The summed E-state index contributed by atoms with van der Waals surface area (Å²) in [6.07, 6.45) is 1.50. The summed E-state index contributed by atoms with van der Waals surface area (Å²) in [6.45, 7) is 1.98. The molecule has 0 saturated heterocycles. The molecular weight excluding hydrogens is 258 g/mol. The number of benzene rings is 1. The van der Waals surface area contributed by atoms with Gasteiger partial charge in [-0.3, -0.25) is 0 Å². The van der Waals surface area contributed by atoms with Crippen LogP contribution in [0.15, 0.2) is 24.3 Å². The smallest absolute Gasteiger partial charge is 0.133 e. The number of aryl methyl sites for hydroxylation is 1. The van der Waals surface area contributed by atoms with E-state index in [1.54, 1.807) is 0 Å². The average Bonchev–Trinajstić information content (AvgIpc) is 2.32. The molecule has 94 valence electrons. The van der Waals surface area contributed by atoms with Crippen LogP contribution < -0.4 is 0 Å². The Morgan fingerprint density at radius 2 is 1.94 bits per heavy atom. The Balaban J connectivity index is 2.52. The fourth-order valence-electron chi connectivity index (χ4n) is 1.63. The van der Waals surface area contributed by atoms with Gasteiger partial charge in [-0.1, -0.05) is 18.5 Å². The van der Waals surface area contributed by atoms with Gasteiger partial charge in [0.05, 0.1) is 5.69 Å². The summed E-state index contributed by atoms with van der Waals surface area (Å²) in [7, 11) is 0. The lowest BCUT2D eigenvalue weighted by Gasteiger charge is -2.06. The normalized spacial score (nSPS) is 10.7. The highest BCUT2D eigenvalue weighted by Gasteiger charge is 2.10. The van der Waals surface area contributed by atoms with E-state index in [2.05, 4.69) is 9.97 Å². The zero-order valence-corrected chi connectivity index (χ0v) is 10.5. The molecular formula is C13H11ClF2N2. The maximum absolute atomic E-state index is 13.6. The molecule has 0 radical (unpaired) electrons. The number of hydrogen-bond acceptors (Lipinski definition) is 2. The molecule has 0 amide bonds. The van der Waals surface area contributed by atoms with Crippen LogP contribution in [0, 0.1) is 11.6 Å². The van der Waals surface area contributed by atoms with Crippen molar-refractivity contribution in [3.05, 3.63) is 46.9 Å². The topological polar surface area (TPSA) is 25.8 Å². The summed E-state index contributed by atoms with van der Waals surface area (Å²) < 4.78 is 26.8. The molecule has 0 aliphatic carbocycles. The molecule has 2 aromatic rings. The highest BCUT2D eigenvalue weighted by Crippen LogP contribution is 2.24. The molecule has 0 atom stereocenters. The summed E-state index contributed by atoms with van der Waals surface area (Å²) in [5.74, 6) is -0.518. The van der Waals surface area contributed by atoms with Crippen LogP contribution in [0.5, 0.6) is 0 Å². The van der Waals surface area contributed by atoms with Gasteiger partial charge in [0, 0.05) is 18.1 Å². The second kappa shape index (κ2) is 5.40. The lowest BCUT2D eigenvalue weighted by atomic mass is 10.1. The standard InChI is InChI=1S/C13H11ClF2N2/c1-2-3-13-17-11(7-12(14)18-13)9-6-8(15)4-5-10(9)16/h4-7H,2-3H2,1H3. The van der Waals surface area contributed by atoms with Crippen molar-refractivity contribution in [2.45, 2.75) is 19.8 Å². The van der Waals surface area contributed by atoms with Crippen LogP contribution in [0.1, 0.15) is 19.2 Å². The Labute approximate surface area is 109 Å². The van der Waals surface area contributed by atoms with Crippen LogP contribution in [-0.4, -0.2) is 9.97 Å². The molecule has 0 bridgehead atoms. The summed E-state index contributed by atoms with van der Waals surface area (Å²) >= 11 is 5.86. The first-order valence-electron chi connectivity index (χ1n) is 5.59. The molecule has 0 spiro atoms. The van der Waals surface area contributed by atoms with E-state index in [-0.39, 0.29) is 10.7 Å². The Kier molecular flexibility index (Phi) is 3.87. The van der Waals surface area contributed by atoms with Crippen LogP contribution in [-0.2, 0) is 6.42 Å². The predicted molar refractivity (Wildman–Crippen MR) is 66.4 cm³/mol. The molecule has 0 fully saturated rings. The quantitative estimate of drug-likeness (QED) is 0.786. The Morgan fingerprint density at radius 1 is 1.17 bits per heavy atom. The molecule has 2 rings (SSSR count). The zero-order valence-electron chi connectivity index (χ0n) is 9.75. The molecule has 18 heavy (non-hydrogen) atoms. The molecule has 0 saturated carbocycles. The molecule has 0 unspecified atom stereocenters. The SMILES string of the molecule is CCCc1nc(Cl)cc(-c2cc(F)ccc2F)n1. The first-order valence-corrected chi connectivity index (χ1v) is 5.97. The molecule has 1 aromatic carbocycles. The summed E-state index contributed by atoms with van der Waals surface area (Å²) in [5, 5.41) is 0.229. The van der Waals surface area contributed by atoms with Crippen molar-refractivity contribution in [1.82, 2.24) is 9.97 Å². The third-order valence-corrected chi connectivity index (χ3v) is 2.61. The highest BCUT2D eigenvalue weighted by atomic mass is 35.5. The van der Waals surface area contributed by atoms with Gasteiger partial charge >= 0.3 is 0 Å². The van der Waals surface area contributed by atoms with Gasteiger partial charge < -0.3 is 0 Å². The molecule has 2 nitrogen and oxygen atoms in total. The maximum Gasteiger partial charge on any atom is 0.133 e. The number of halogens is 3. The average molecular weight is 269 g/mol. The molecule has 1 aromatic heterocycles. The minimum Gasteiger partial charge on any atom is -0.233 e. The summed E-state index contributed by atoms with van der Waals surface area (Å²) in [5.41, 5.74) is 0.395. The van der Waals surface area contributed by atoms with Crippen molar-refractivity contribution in [2.75, 3.05) is 0 Å². The fourth-order valence-corrected chi connectivity index (χ4v) is 1.83. The second-order valence-corrected chi connectivity index (χ2v) is 4.25. The van der Waals surface area contributed by atoms with Crippen LogP contribution in [0.4, 0.5) is 8.78 Å². The van der Waals surface area contributed by atoms with Gasteiger partial charge in [0.25, 0.3) is 0 Å². The first-order chi connectivity index (χ1) is 8.60. The van der Waals surface area contributed by atoms with Gasteiger partial charge in [-0.25, -0.2) is 18.7 Å². The van der Waals surface area contributed by atoms with Crippen molar-refractivity contribution < 1.29 is 8.78 Å². The minimum absolute atomic E-state index is 0.0941. The van der Waals surface area contributed by atoms with Crippen molar-refractivity contribution in [1.29, 1.82) is 0 Å². The van der Waals surface area contributed by atoms with Crippen LogP contribution >= 0.6 is 11.6 Å². The van der Waals surface area contributed by atoms with Gasteiger partial charge in [-0.2, -0.15) is 0 Å². The first kappa shape index (κ1) is 12.9. The number of hydrogen-bond donors (Lipinski definition) is 0. The lowest BCUT2D eigenvalue weighted by molar-refractivity contribution is 0.602. The predicted octanol–water partition coefficient (Wildman–Crippen LogP) is 4.03. The minimum atomic E-state index is -0.534. The van der Waals surface area contributed by atoms with Crippen LogP contribution in [0.2, 0.25) is 5.15 Å². The Bertz CT molecular complexity index is 573.